The van der Waals surface area contributed by atoms with Gasteiger partial charge in [-0.1, -0.05) is 41.0 Å². The highest BCUT2D eigenvalue weighted by Gasteiger charge is 2.24. The van der Waals surface area contributed by atoms with E-state index in [0.717, 1.165) is 25.1 Å². The molecular formula is C20H35N3O2. The summed E-state index contributed by atoms with van der Waals surface area (Å²) in [6, 6.07) is 4.03. The van der Waals surface area contributed by atoms with Crippen molar-refractivity contribution in [2.75, 3.05) is 19.6 Å². The van der Waals surface area contributed by atoms with E-state index in [9.17, 15) is 9.59 Å². The third-order valence-corrected chi connectivity index (χ3v) is 4.26. The first-order valence-corrected chi connectivity index (χ1v) is 9.43. The van der Waals surface area contributed by atoms with Crippen LogP contribution in [0.3, 0.4) is 0 Å². The van der Waals surface area contributed by atoms with Crippen molar-refractivity contribution in [3.8, 4) is 0 Å². The summed E-state index contributed by atoms with van der Waals surface area (Å²) in [5.74, 6) is 0.330. The Morgan fingerprint density at radius 3 is 2.32 bits per heavy atom. The molecule has 2 amide bonds. The average molecular weight is 350 g/mol. The Hall–Kier alpha value is -1.78. The van der Waals surface area contributed by atoms with Crippen LogP contribution in [0.5, 0.6) is 0 Å². The minimum absolute atomic E-state index is 0.0318. The second kappa shape index (κ2) is 10.3. The van der Waals surface area contributed by atoms with Gasteiger partial charge >= 0.3 is 0 Å². The molecule has 0 aliphatic heterocycles. The minimum Gasteiger partial charge on any atom is -0.353 e. The summed E-state index contributed by atoms with van der Waals surface area (Å²) in [5, 5.41) is 0. The summed E-state index contributed by atoms with van der Waals surface area (Å²) in [7, 11) is 1.99. The van der Waals surface area contributed by atoms with Gasteiger partial charge in [-0.05, 0) is 24.5 Å². The molecule has 0 saturated heterocycles. The van der Waals surface area contributed by atoms with Gasteiger partial charge in [0.1, 0.15) is 0 Å². The molecule has 25 heavy (non-hydrogen) atoms. The van der Waals surface area contributed by atoms with Gasteiger partial charge in [0.05, 0.1) is 13.1 Å². The van der Waals surface area contributed by atoms with E-state index in [1.165, 1.54) is 0 Å². The van der Waals surface area contributed by atoms with Crippen LogP contribution in [-0.2, 0) is 23.2 Å². The first-order valence-electron chi connectivity index (χ1n) is 9.43. The summed E-state index contributed by atoms with van der Waals surface area (Å²) in [5.41, 5.74) is 1.11. The van der Waals surface area contributed by atoms with Crippen LogP contribution in [-0.4, -0.2) is 45.8 Å². The third-order valence-electron chi connectivity index (χ3n) is 4.26. The molecule has 0 saturated carbocycles. The predicted octanol–water partition coefficient (Wildman–Crippen LogP) is 3.29. The number of carbonyl (C=O) groups excluding carboxylic acids is 2. The summed E-state index contributed by atoms with van der Waals surface area (Å²) >= 11 is 0. The number of hydrogen-bond donors (Lipinski definition) is 0. The van der Waals surface area contributed by atoms with Gasteiger partial charge < -0.3 is 14.4 Å². The van der Waals surface area contributed by atoms with Crippen LogP contribution in [0.2, 0.25) is 0 Å². The maximum absolute atomic E-state index is 12.9. The number of nitrogens with zero attached hydrogens (tertiary/aromatic N) is 3. The van der Waals surface area contributed by atoms with Gasteiger partial charge in [-0.15, -0.1) is 0 Å². The molecule has 0 radical (unpaired) electrons. The fraction of sp³-hybridized carbons (Fsp3) is 0.700. The van der Waals surface area contributed by atoms with Crippen LogP contribution in [0.4, 0.5) is 0 Å². The zero-order chi connectivity index (χ0) is 19.0. The van der Waals surface area contributed by atoms with Gasteiger partial charge in [0.15, 0.2) is 0 Å². The Morgan fingerprint density at radius 1 is 1.16 bits per heavy atom. The Morgan fingerprint density at radius 2 is 1.84 bits per heavy atom. The second-order valence-electron chi connectivity index (χ2n) is 7.55. The van der Waals surface area contributed by atoms with Gasteiger partial charge in [-0.2, -0.15) is 0 Å². The lowest BCUT2D eigenvalue weighted by Crippen LogP contribution is -2.45. The number of unbranched alkanes of at least 4 members (excludes halogenated alkanes) is 1. The first-order chi connectivity index (χ1) is 11.8. The van der Waals surface area contributed by atoms with Crippen LogP contribution < -0.4 is 0 Å². The number of rotatable bonds is 10. The lowest BCUT2D eigenvalue weighted by atomic mass is 10.1. The van der Waals surface area contributed by atoms with E-state index < -0.39 is 0 Å². The van der Waals surface area contributed by atoms with E-state index >= 15 is 0 Å². The fourth-order valence-electron chi connectivity index (χ4n) is 2.80. The van der Waals surface area contributed by atoms with Gasteiger partial charge in [-0.25, -0.2) is 0 Å². The molecule has 0 bridgehead atoms. The molecule has 5 heteroatoms. The lowest BCUT2D eigenvalue weighted by molar-refractivity contribution is -0.143. The maximum atomic E-state index is 12.9. The highest BCUT2D eigenvalue weighted by atomic mass is 16.2. The SMILES string of the molecule is CCCCN(Cc1cccn1C)C(=O)CN(CC(C)C)C(=O)C(C)C. The summed E-state index contributed by atoms with van der Waals surface area (Å²) in [4.78, 5) is 29.0. The standard InChI is InChI=1S/C20H35N3O2/c1-7-8-12-22(14-18-10-9-11-21(18)6)19(24)15-23(13-16(2)3)20(25)17(4)5/h9-11,16-17H,7-8,12-15H2,1-6H3. The molecular weight excluding hydrogens is 314 g/mol. The van der Waals surface area contributed by atoms with E-state index in [4.69, 9.17) is 0 Å². The van der Waals surface area contributed by atoms with Gasteiger partial charge in [0, 0.05) is 37.9 Å². The third kappa shape index (κ3) is 6.92. The van der Waals surface area contributed by atoms with Gasteiger partial charge in [-0.3, -0.25) is 9.59 Å². The summed E-state index contributed by atoms with van der Waals surface area (Å²) in [6.45, 7) is 12.2. The van der Waals surface area contributed by atoms with Crippen LogP contribution in [0, 0.1) is 11.8 Å². The molecule has 1 aromatic rings. The van der Waals surface area contributed by atoms with Crippen LogP contribution >= 0.6 is 0 Å². The van der Waals surface area contributed by atoms with Crippen LogP contribution in [0.25, 0.3) is 0 Å². The smallest absolute Gasteiger partial charge is 0.242 e. The predicted molar refractivity (Wildman–Crippen MR) is 102 cm³/mol. The zero-order valence-electron chi connectivity index (χ0n) is 16.8. The fourth-order valence-corrected chi connectivity index (χ4v) is 2.80. The van der Waals surface area contributed by atoms with Crippen molar-refractivity contribution in [3.05, 3.63) is 24.0 Å². The normalized spacial score (nSPS) is 11.2. The van der Waals surface area contributed by atoms with E-state index in [0.29, 0.717) is 19.0 Å². The molecule has 0 spiro atoms. The maximum Gasteiger partial charge on any atom is 0.242 e. The second-order valence-corrected chi connectivity index (χ2v) is 7.55. The van der Waals surface area contributed by atoms with Crippen molar-refractivity contribution in [3.63, 3.8) is 0 Å². The van der Waals surface area contributed by atoms with E-state index in [1.807, 2.05) is 48.7 Å². The van der Waals surface area contributed by atoms with Crippen molar-refractivity contribution in [1.29, 1.82) is 0 Å². The molecule has 1 rings (SSSR count). The molecule has 1 aromatic heterocycles. The molecule has 0 atom stereocenters. The highest BCUT2D eigenvalue weighted by Crippen LogP contribution is 2.10. The quantitative estimate of drug-likeness (QED) is 0.651. The first kappa shape index (κ1) is 21.3. The molecule has 0 aliphatic carbocycles. The number of hydrogen-bond acceptors (Lipinski definition) is 2. The molecule has 0 aromatic carbocycles. The molecule has 5 nitrogen and oxygen atoms in total. The van der Waals surface area contributed by atoms with Crippen molar-refractivity contribution in [1.82, 2.24) is 14.4 Å². The topological polar surface area (TPSA) is 45.6 Å². The molecule has 0 aliphatic rings. The van der Waals surface area contributed by atoms with Crippen molar-refractivity contribution in [2.24, 2.45) is 18.9 Å². The Balaban J connectivity index is 2.86. The largest absolute Gasteiger partial charge is 0.353 e. The Kier molecular flexibility index (Phi) is 8.73. The zero-order valence-corrected chi connectivity index (χ0v) is 16.8. The molecule has 0 N–H and O–H groups in total. The molecule has 0 fully saturated rings. The number of amides is 2. The Bertz CT molecular complexity index is 549. The molecule has 1 heterocycles. The van der Waals surface area contributed by atoms with Gasteiger partial charge in [0.25, 0.3) is 0 Å². The minimum atomic E-state index is -0.0940. The molecule has 142 valence electrons. The van der Waals surface area contributed by atoms with Crippen molar-refractivity contribution < 1.29 is 9.59 Å². The number of aromatic nitrogens is 1. The van der Waals surface area contributed by atoms with Crippen molar-refractivity contribution >= 4 is 11.8 Å². The number of carbonyl (C=O) groups is 2. The average Bonchev–Trinajstić information content (AvgIpc) is 2.94. The van der Waals surface area contributed by atoms with Gasteiger partial charge in [0.2, 0.25) is 11.8 Å². The van der Waals surface area contributed by atoms with Crippen molar-refractivity contribution in [2.45, 2.75) is 54.0 Å². The Labute approximate surface area is 153 Å². The lowest BCUT2D eigenvalue weighted by Gasteiger charge is -2.30. The number of aryl methyl sites for hydroxylation is 1. The monoisotopic (exact) mass is 349 g/mol. The van der Waals surface area contributed by atoms with Crippen LogP contribution in [0.1, 0.15) is 53.2 Å². The summed E-state index contributed by atoms with van der Waals surface area (Å²) in [6.07, 6.45) is 4.00. The van der Waals surface area contributed by atoms with E-state index in [1.54, 1.807) is 4.90 Å². The van der Waals surface area contributed by atoms with E-state index in [-0.39, 0.29) is 24.3 Å². The highest BCUT2D eigenvalue weighted by molar-refractivity contribution is 5.85. The molecule has 0 unspecified atom stereocenters. The van der Waals surface area contributed by atoms with Crippen LogP contribution in [0.15, 0.2) is 18.3 Å². The summed E-state index contributed by atoms with van der Waals surface area (Å²) < 4.78 is 2.04. The van der Waals surface area contributed by atoms with E-state index in [2.05, 4.69) is 20.8 Å².